The molecule has 0 bridgehead atoms. The van der Waals surface area contributed by atoms with Crippen molar-refractivity contribution in [1.82, 2.24) is 10.3 Å². The van der Waals surface area contributed by atoms with E-state index in [9.17, 15) is 5.11 Å². The second-order valence-corrected chi connectivity index (χ2v) is 5.73. The highest BCUT2D eigenvalue weighted by molar-refractivity contribution is 7.09. The van der Waals surface area contributed by atoms with E-state index in [1.165, 1.54) is 0 Å². The van der Waals surface area contributed by atoms with E-state index in [2.05, 4.69) is 34.7 Å². The molecule has 102 valence electrons. The SMILES string of the molecule is CCC(CO)(NCc1csc(C)n1)c1ccccc1. The Bertz CT molecular complexity index is 506. The molecule has 0 saturated heterocycles. The van der Waals surface area contributed by atoms with Gasteiger partial charge in [0.15, 0.2) is 0 Å². The van der Waals surface area contributed by atoms with Gasteiger partial charge in [0.05, 0.1) is 22.8 Å². The van der Waals surface area contributed by atoms with Gasteiger partial charge in [-0.2, -0.15) is 0 Å². The molecule has 0 aliphatic heterocycles. The first-order chi connectivity index (χ1) is 9.20. The summed E-state index contributed by atoms with van der Waals surface area (Å²) in [5, 5.41) is 16.4. The standard InChI is InChI=1S/C15H20N2OS/c1-3-15(11-18,13-7-5-4-6-8-13)16-9-14-10-19-12(2)17-14/h4-8,10,16,18H,3,9,11H2,1-2H3. The molecule has 0 spiro atoms. The van der Waals surface area contributed by atoms with Crippen LogP contribution in [0.2, 0.25) is 0 Å². The van der Waals surface area contributed by atoms with E-state index in [1.54, 1.807) is 11.3 Å². The van der Waals surface area contributed by atoms with Gasteiger partial charge in [0, 0.05) is 11.9 Å². The summed E-state index contributed by atoms with van der Waals surface area (Å²) in [5.41, 5.74) is 1.76. The van der Waals surface area contributed by atoms with E-state index in [0.717, 1.165) is 22.7 Å². The Morgan fingerprint density at radius 3 is 2.58 bits per heavy atom. The van der Waals surface area contributed by atoms with Crippen LogP contribution in [0.4, 0.5) is 0 Å². The minimum atomic E-state index is -0.390. The number of hydrogen-bond donors (Lipinski definition) is 2. The molecular formula is C15H20N2OS. The Morgan fingerprint density at radius 2 is 2.05 bits per heavy atom. The topological polar surface area (TPSA) is 45.1 Å². The van der Waals surface area contributed by atoms with Crippen molar-refractivity contribution in [3.8, 4) is 0 Å². The summed E-state index contributed by atoms with van der Waals surface area (Å²) >= 11 is 1.65. The van der Waals surface area contributed by atoms with Crippen LogP contribution in [0.1, 0.15) is 29.6 Å². The molecule has 0 aliphatic carbocycles. The molecule has 1 atom stereocenters. The van der Waals surface area contributed by atoms with Gasteiger partial charge in [-0.3, -0.25) is 5.32 Å². The molecule has 2 aromatic rings. The number of aliphatic hydroxyl groups excluding tert-OH is 1. The van der Waals surface area contributed by atoms with Crippen molar-refractivity contribution in [2.24, 2.45) is 0 Å². The second kappa shape index (κ2) is 6.28. The Kier molecular flexibility index (Phi) is 4.69. The Labute approximate surface area is 118 Å². The van der Waals surface area contributed by atoms with Crippen LogP contribution in [0, 0.1) is 6.92 Å². The molecule has 2 N–H and O–H groups in total. The first-order valence-electron chi connectivity index (χ1n) is 6.52. The summed E-state index contributed by atoms with van der Waals surface area (Å²) < 4.78 is 0. The lowest BCUT2D eigenvalue weighted by Crippen LogP contribution is -2.44. The molecule has 0 amide bonds. The van der Waals surface area contributed by atoms with Crippen molar-refractivity contribution in [2.45, 2.75) is 32.4 Å². The smallest absolute Gasteiger partial charge is 0.0897 e. The van der Waals surface area contributed by atoms with Crippen LogP contribution in [0.25, 0.3) is 0 Å². The molecule has 4 heteroatoms. The fraction of sp³-hybridized carbons (Fsp3) is 0.400. The fourth-order valence-electron chi connectivity index (χ4n) is 2.20. The first kappa shape index (κ1) is 14.2. The highest BCUT2D eigenvalue weighted by atomic mass is 32.1. The fourth-order valence-corrected chi connectivity index (χ4v) is 2.81. The molecule has 0 fully saturated rings. The number of aryl methyl sites for hydroxylation is 1. The van der Waals surface area contributed by atoms with Crippen LogP contribution in [0.5, 0.6) is 0 Å². The van der Waals surface area contributed by atoms with Crippen molar-refractivity contribution in [2.75, 3.05) is 6.61 Å². The van der Waals surface area contributed by atoms with Gasteiger partial charge in [-0.1, -0.05) is 37.3 Å². The highest BCUT2D eigenvalue weighted by Crippen LogP contribution is 2.25. The average molecular weight is 276 g/mol. The number of nitrogens with zero attached hydrogens (tertiary/aromatic N) is 1. The van der Waals surface area contributed by atoms with Crippen LogP contribution in [0.15, 0.2) is 35.7 Å². The van der Waals surface area contributed by atoms with Gasteiger partial charge in [-0.15, -0.1) is 11.3 Å². The lowest BCUT2D eigenvalue weighted by atomic mass is 9.88. The highest BCUT2D eigenvalue weighted by Gasteiger charge is 2.28. The van der Waals surface area contributed by atoms with Crippen molar-refractivity contribution in [1.29, 1.82) is 0 Å². The maximum absolute atomic E-state index is 9.83. The van der Waals surface area contributed by atoms with Gasteiger partial charge in [0.2, 0.25) is 0 Å². The molecule has 19 heavy (non-hydrogen) atoms. The summed E-state index contributed by atoms with van der Waals surface area (Å²) in [6.07, 6.45) is 0.830. The van der Waals surface area contributed by atoms with E-state index in [0.29, 0.717) is 6.54 Å². The molecule has 0 saturated carbocycles. The average Bonchev–Trinajstić information content (AvgIpc) is 2.88. The number of hydrogen-bond acceptors (Lipinski definition) is 4. The zero-order valence-electron chi connectivity index (χ0n) is 11.4. The van der Waals surface area contributed by atoms with Crippen molar-refractivity contribution >= 4 is 11.3 Å². The Morgan fingerprint density at radius 1 is 1.32 bits per heavy atom. The number of rotatable bonds is 6. The minimum absolute atomic E-state index is 0.0800. The van der Waals surface area contributed by atoms with E-state index in [1.807, 2.05) is 25.1 Å². The van der Waals surface area contributed by atoms with Gasteiger partial charge in [-0.05, 0) is 18.9 Å². The van der Waals surface area contributed by atoms with Gasteiger partial charge in [0.1, 0.15) is 0 Å². The Hall–Kier alpha value is -1.23. The van der Waals surface area contributed by atoms with Crippen LogP contribution in [0.3, 0.4) is 0 Å². The summed E-state index contributed by atoms with van der Waals surface area (Å²) in [6, 6.07) is 10.1. The summed E-state index contributed by atoms with van der Waals surface area (Å²) in [6.45, 7) is 4.84. The second-order valence-electron chi connectivity index (χ2n) is 4.67. The third-order valence-corrected chi connectivity index (χ3v) is 4.30. The zero-order chi connectivity index (χ0) is 13.7. The largest absolute Gasteiger partial charge is 0.394 e. The van der Waals surface area contributed by atoms with Gasteiger partial charge in [-0.25, -0.2) is 4.98 Å². The van der Waals surface area contributed by atoms with Gasteiger partial charge in [0.25, 0.3) is 0 Å². The number of nitrogens with one attached hydrogen (secondary N) is 1. The number of aliphatic hydroxyl groups is 1. The van der Waals surface area contributed by atoms with Crippen LogP contribution < -0.4 is 5.32 Å². The number of thiazole rings is 1. The lowest BCUT2D eigenvalue weighted by molar-refractivity contribution is 0.153. The van der Waals surface area contributed by atoms with Crippen LogP contribution >= 0.6 is 11.3 Å². The predicted octanol–water partition coefficient (Wildman–Crippen LogP) is 2.84. The third kappa shape index (κ3) is 3.21. The summed E-state index contributed by atoms with van der Waals surface area (Å²) in [4.78, 5) is 4.45. The van der Waals surface area contributed by atoms with E-state index in [-0.39, 0.29) is 6.61 Å². The predicted molar refractivity (Wildman–Crippen MR) is 79.2 cm³/mol. The molecule has 2 rings (SSSR count). The zero-order valence-corrected chi connectivity index (χ0v) is 12.2. The van der Waals surface area contributed by atoms with Crippen molar-refractivity contribution < 1.29 is 5.11 Å². The summed E-state index contributed by atoms with van der Waals surface area (Å²) in [7, 11) is 0. The molecule has 1 heterocycles. The molecule has 1 aromatic carbocycles. The minimum Gasteiger partial charge on any atom is -0.394 e. The molecule has 1 unspecified atom stereocenters. The van der Waals surface area contributed by atoms with Crippen LogP contribution in [-0.4, -0.2) is 16.7 Å². The normalized spacial score (nSPS) is 14.3. The van der Waals surface area contributed by atoms with Crippen molar-refractivity contribution in [3.63, 3.8) is 0 Å². The van der Waals surface area contributed by atoms with E-state index >= 15 is 0 Å². The molecule has 0 radical (unpaired) electrons. The molecular weight excluding hydrogens is 256 g/mol. The molecule has 0 aliphatic rings. The lowest BCUT2D eigenvalue weighted by Gasteiger charge is -2.32. The number of benzene rings is 1. The Balaban J connectivity index is 2.16. The van der Waals surface area contributed by atoms with Gasteiger partial charge >= 0.3 is 0 Å². The maximum atomic E-state index is 9.83. The van der Waals surface area contributed by atoms with E-state index in [4.69, 9.17) is 0 Å². The van der Waals surface area contributed by atoms with E-state index < -0.39 is 5.54 Å². The number of aromatic nitrogens is 1. The summed E-state index contributed by atoms with van der Waals surface area (Å²) in [5.74, 6) is 0. The van der Waals surface area contributed by atoms with Gasteiger partial charge < -0.3 is 5.11 Å². The first-order valence-corrected chi connectivity index (χ1v) is 7.40. The molecule has 1 aromatic heterocycles. The monoisotopic (exact) mass is 276 g/mol. The quantitative estimate of drug-likeness (QED) is 0.853. The molecule has 3 nitrogen and oxygen atoms in total. The van der Waals surface area contributed by atoms with Crippen molar-refractivity contribution in [3.05, 3.63) is 52.0 Å². The third-order valence-electron chi connectivity index (χ3n) is 3.47. The van der Waals surface area contributed by atoms with Crippen LogP contribution in [-0.2, 0) is 12.1 Å². The maximum Gasteiger partial charge on any atom is 0.0897 e.